The molecule has 0 saturated heterocycles. The lowest BCUT2D eigenvalue weighted by atomic mass is 10.1. The van der Waals surface area contributed by atoms with E-state index in [1.165, 1.54) is 24.3 Å². The summed E-state index contributed by atoms with van der Waals surface area (Å²) in [7, 11) is 0. The Morgan fingerprint density at radius 2 is 1.48 bits per heavy atom. The largest absolute Gasteiger partial charge is 0.449 e. The lowest BCUT2D eigenvalue weighted by Gasteiger charge is -2.20. The van der Waals surface area contributed by atoms with Crippen molar-refractivity contribution in [1.82, 2.24) is 0 Å². The molecule has 29 heavy (non-hydrogen) atoms. The molecule has 1 atom stereocenters. The Morgan fingerprint density at radius 3 is 2.07 bits per heavy atom. The number of rotatable bonds is 9. The molecule has 7 heteroatoms. The van der Waals surface area contributed by atoms with E-state index in [9.17, 15) is 22.8 Å². The fraction of sp³-hybridized carbons (Fsp3) is 0.364. The molecule has 0 aliphatic heterocycles. The van der Waals surface area contributed by atoms with Gasteiger partial charge in [-0.05, 0) is 49.2 Å². The lowest BCUT2D eigenvalue weighted by Crippen LogP contribution is -2.33. The Morgan fingerprint density at radius 1 is 0.862 bits per heavy atom. The molecule has 4 nitrogen and oxygen atoms in total. The molecule has 2 aromatic carbocycles. The van der Waals surface area contributed by atoms with Crippen LogP contribution in [0.25, 0.3) is 0 Å². The summed E-state index contributed by atoms with van der Waals surface area (Å²) in [6.45, 7) is 1.96. The van der Waals surface area contributed by atoms with Crippen LogP contribution < -0.4 is 4.74 Å². The van der Waals surface area contributed by atoms with Gasteiger partial charge in [0.25, 0.3) is 0 Å². The van der Waals surface area contributed by atoms with Crippen molar-refractivity contribution in [1.29, 1.82) is 0 Å². The Bertz CT molecular complexity index is 786. The number of esters is 2. The molecule has 2 aromatic rings. The number of ether oxygens (including phenoxy) is 2. The van der Waals surface area contributed by atoms with Crippen LogP contribution in [0.3, 0.4) is 0 Å². The van der Waals surface area contributed by atoms with Gasteiger partial charge in [-0.2, -0.15) is 13.2 Å². The molecule has 156 valence electrons. The van der Waals surface area contributed by atoms with Gasteiger partial charge in [0.05, 0.1) is 11.1 Å². The van der Waals surface area contributed by atoms with Gasteiger partial charge in [-0.15, -0.1) is 0 Å². The summed E-state index contributed by atoms with van der Waals surface area (Å²) in [5, 5.41) is 0. The van der Waals surface area contributed by atoms with E-state index in [4.69, 9.17) is 9.47 Å². The van der Waals surface area contributed by atoms with E-state index in [2.05, 4.69) is 0 Å². The molecule has 0 saturated carbocycles. The summed E-state index contributed by atoms with van der Waals surface area (Å²) in [5.74, 6) is -1.48. The minimum atomic E-state index is -4.62. The Kier molecular flexibility index (Phi) is 8.24. The van der Waals surface area contributed by atoms with Gasteiger partial charge in [-0.1, -0.05) is 44.4 Å². The summed E-state index contributed by atoms with van der Waals surface area (Å²) in [6, 6.07) is 13.5. The van der Waals surface area contributed by atoms with Crippen LogP contribution >= 0.6 is 0 Å². The molecule has 2 rings (SSSR count). The summed E-state index contributed by atoms with van der Waals surface area (Å²) in [6.07, 6.45) is -4.29. The van der Waals surface area contributed by atoms with Crippen molar-refractivity contribution in [2.75, 3.05) is 0 Å². The molecule has 0 aliphatic carbocycles. The molecule has 0 N–H and O–H groups in total. The third-order valence-electron chi connectivity index (χ3n) is 4.24. The second-order valence-corrected chi connectivity index (χ2v) is 6.56. The van der Waals surface area contributed by atoms with Gasteiger partial charge in [0.15, 0.2) is 6.10 Å². The van der Waals surface area contributed by atoms with Crippen LogP contribution in [0.15, 0.2) is 54.6 Å². The molecule has 0 amide bonds. The molecule has 0 spiro atoms. The first-order valence-corrected chi connectivity index (χ1v) is 9.46. The first-order chi connectivity index (χ1) is 13.8. The summed E-state index contributed by atoms with van der Waals surface area (Å²) in [5.41, 5.74) is 0.305. The number of hydrogen-bond donors (Lipinski definition) is 0. The highest BCUT2D eigenvalue weighted by Crippen LogP contribution is 2.28. The van der Waals surface area contributed by atoms with E-state index in [1.807, 2.05) is 6.92 Å². The van der Waals surface area contributed by atoms with Gasteiger partial charge >= 0.3 is 18.1 Å². The molecule has 0 bridgehead atoms. The SMILES string of the molecule is CCCCCC[C@@H](OC(=O)c1ccc(OC(=O)c2ccccc2)cc1)C(F)(F)F. The monoisotopic (exact) mass is 408 g/mol. The average Bonchev–Trinajstić information content (AvgIpc) is 2.70. The van der Waals surface area contributed by atoms with Crippen LogP contribution in [0.5, 0.6) is 5.75 Å². The number of halogens is 3. The van der Waals surface area contributed by atoms with Gasteiger partial charge in [-0.25, -0.2) is 9.59 Å². The molecule has 0 fully saturated rings. The fourth-order valence-electron chi connectivity index (χ4n) is 2.64. The highest BCUT2D eigenvalue weighted by molar-refractivity contribution is 5.92. The van der Waals surface area contributed by atoms with E-state index in [0.717, 1.165) is 12.8 Å². The van der Waals surface area contributed by atoms with E-state index in [0.29, 0.717) is 18.4 Å². The minimum absolute atomic E-state index is 0.0488. The molecule has 0 aliphatic rings. The van der Waals surface area contributed by atoms with Crippen molar-refractivity contribution in [3.05, 3.63) is 65.7 Å². The van der Waals surface area contributed by atoms with Crippen molar-refractivity contribution < 1.29 is 32.2 Å². The van der Waals surface area contributed by atoms with E-state index < -0.39 is 24.2 Å². The molecule has 0 unspecified atom stereocenters. The summed E-state index contributed by atoms with van der Waals surface area (Å²) < 4.78 is 49.3. The quantitative estimate of drug-likeness (QED) is 0.292. The number of unbranched alkanes of at least 4 members (excludes halogenated alkanes) is 3. The second kappa shape index (κ2) is 10.6. The van der Waals surface area contributed by atoms with Crippen LogP contribution in [0.2, 0.25) is 0 Å². The molecule has 0 aromatic heterocycles. The van der Waals surface area contributed by atoms with E-state index in [-0.39, 0.29) is 17.7 Å². The third-order valence-corrected chi connectivity index (χ3v) is 4.24. The van der Waals surface area contributed by atoms with Crippen LogP contribution in [-0.2, 0) is 4.74 Å². The Hall–Kier alpha value is -2.83. The number of hydrogen-bond acceptors (Lipinski definition) is 4. The lowest BCUT2D eigenvalue weighted by molar-refractivity contribution is -0.206. The smallest absolute Gasteiger partial charge is 0.425 e. The predicted molar refractivity (Wildman–Crippen MR) is 102 cm³/mol. The summed E-state index contributed by atoms with van der Waals surface area (Å²) >= 11 is 0. The van der Waals surface area contributed by atoms with Crippen molar-refractivity contribution in [2.45, 2.75) is 51.3 Å². The van der Waals surface area contributed by atoms with Gasteiger partial charge < -0.3 is 9.47 Å². The van der Waals surface area contributed by atoms with E-state index >= 15 is 0 Å². The maximum Gasteiger partial charge on any atom is 0.425 e. The highest BCUT2D eigenvalue weighted by atomic mass is 19.4. The fourth-order valence-corrected chi connectivity index (χ4v) is 2.64. The highest BCUT2D eigenvalue weighted by Gasteiger charge is 2.42. The van der Waals surface area contributed by atoms with Crippen molar-refractivity contribution >= 4 is 11.9 Å². The zero-order valence-electron chi connectivity index (χ0n) is 16.1. The maximum absolute atomic E-state index is 13.1. The number of benzene rings is 2. The topological polar surface area (TPSA) is 52.6 Å². The minimum Gasteiger partial charge on any atom is -0.449 e. The zero-order chi connectivity index (χ0) is 21.3. The summed E-state index contributed by atoms with van der Waals surface area (Å²) in [4.78, 5) is 24.1. The number of carbonyl (C=O) groups is 2. The van der Waals surface area contributed by atoms with Crippen molar-refractivity contribution in [3.63, 3.8) is 0 Å². The standard InChI is InChI=1S/C22H23F3O4/c1-2-3-4-8-11-19(22(23,24)25)29-21(27)17-12-14-18(15-13-17)28-20(26)16-9-6-5-7-10-16/h5-7,9-10,12-15,19H,2-4,8,11H2,1H3/t19-/m1/s1. The van der Waals surface area contributed by atoms with Crippen LogP contribution in [-0.4, -0.2) is 24.2 Å². The van der Waals surface area contributed by atoms with Gasteiger partial charge in [0.1, 0.15) is 5.75 Å². The average molecular weight is 408 g/mol. The van der Waals surface area contributed by atoms with Crippen molar-refractivity contribution in [3.8, 4) is 5.75 Å². The van der Waals surface area contributed by atoms with E-state index in [1.54, 1.807) is 30.3 Å². The molecule has 0 heterocycles. The zero-order valence-corrected chi connectivity index (χ0v) is 16.1. The molecular weight excluding hydrogens is 385 g/mol. The predicted octanol–water partition coefficient (Wildman–Crippen LogP) is 5.96. The van der Waals surface area contributed by atoms with Gasteiger partial charge in [0.2, 0.25) is 0 Å². The first kappa shape index (κ1) is 22.5. The Labute approximate surface area is 167 Å². The number of carbonyl (C=O) groups excluding carboxylic acids is 2. The normalized spacial score (nSPS) is 12.3. The first-order valence-electron chi connectivity index (χ1n) is 9.46. The maximum atomic E-state index is 13.1. The van der Waals surface area contributed by atoms with Gasteiger partial charge in [-0.3, -0.25) is 0 Å². The second-order valence-electron chi connectivity index (χ2n) is 6.56. The van der Waals surface area contributed by atoms with Gasteiger partial charge in [0, 0.05) is 0 Å². The molecular formula is C22H23F3O4. The van der Waals surface area contributed by atoms with Crippen LogP contribution in [0.4, 0.5) is 13.2 Å². The number of alkyl halides is 3. The van der Waals surface area contributed by atoms with Crippen LogP contribution in [0.1, 0.15) is 59.7 Å². The van der Waals surface area contributed by atoms with Crippen LogP contribution in [0, 0.1) is 0 Å². The molecule has 0 radical (unpaired) electrons. The third kappa shape index (κ3) is 7.25. The van der Waals surface area contributed by atoms with Crippen molar-refractivity contribution in [2.24, 2.45) is 0 Å². The Balaban J connectivity index is 1.96.